The number of amides is 1. The molecule has 1 N–H and O–H groups in total. The predicted octanol–water partition coefficient (Wildman–Crippen LogP) is 5.49. The molecule has 2 aromatic rings. The lowest BCUT2D eigenvalue weighted by Gasteiger charge is -2.26. The van der Waals surface area contributed by atoms with Crippen LogP contribution in [0.2, 0.25) is 0 Å². The third-order valence-corrected chi connectivity index (χ3v) is 6.36. The minimum Gasteiger partial charge on any atom is -0.431 e. The molecule has 0 aromatic carbocycles. The van der Waals surface area contributed by atoms with E-state index >= 15 is 0 Å². The van der Waals surface area contributed by atoms with E-state index in [2.05, 4.69) is 36.1 Å². The van der Waals surface area contributed by atoms with Gasteiger partial charge in [0.25, 0.3) is 5.91 Å². The van der Waals surface area contributed by atoms with Gasteiger partial charge in [-0.15, -0.1) is 0 Å². The highest BCUT2D eigenvalue weighted by atomic mass is 19.3. The Kier molecular flexibility index (Phi) is 8.43. The fourth-order valence-electron chi connectivity index (χ4n) is 4.56. The summed E-state index contributed by atoms with van der Waals surface area (Å²) in [4.78, 5) is 22.0. The van der Waals surface area contributed by atoms with Gasteiger partial charge in [0.1, 0.15) is 11.5 Å². The monoisotopic (exact) mass is 462 g/mol. The lowest BCUT2D eigenvalue weighted by Crippen LogP contribution is -2.31. The smallest absolute Gasteiger partial charge is 0.387 e. The third kappa shape index (κ3) is 6.30. The number of rotatable bonds is 9. The van der Waals surface area contributed by atoms with Crippen LogP contribution >= 0.6 is 0 Å². The van der Waals surface area contributed by atoms with Crippen LogP contribution in [0.4, 0.5) is 8.78 Å². The van der Waals surface area contributed by atoms with Crippen LogP contribution in [-0.4, -0.2) is 33.6 Å². The number of nitrogens with one attached hydrogen (secondary N) is 1. The number of ether oxygens (including phenoxy) is 1. The van der Waals surface area contributed by atoms with Gasteiger partial charge in [0.05, 0.1) is 5.69 Å². The van der Waals surface area contributed by atoms with Gasteiger partial charge in [-0.25, -0.2) is 9.97 Å². The molecular formula is C25H36F2N4O2. The first kappa shape index (κ1) is 25.1. The van der Waals surface area contributed by atoms with E-state index in [4.69, 9.17) is 4.74 Å². The number of hydrogen-bond donors (Lipinski definition) is 1. The van der Waals surface area contributed by atoms with Gasteiger partial charge in [-0.05, 0) is 55.6 Å². The van der Waals surface area contributed by atoms with Crippen molar-refractivity contribution in [2.45, 2.75) is 79.8 Å². The van der Waals surface area contributed by atoms with Gasteiger partial charge in [0.15, 0.2) is 11.6 Å². The number of alkyl halides is 2. The molecule has 0 saturated heterocycles. The Morgan fingerprint density at radius 1 is 1.27 bits per heavy atom. The van der Waals surface area contributed by atoms with E-state index in [1.807, 2.05) is 6.92 Å². The SMILES string of the molecule is CCc1nc(C(=O)NCC2CCC(C)CC2)c(C)n1-c1ncc(CC(C)C)cc1OC(F)F. The fourth-order valence-corrected chi connectivity index (χ4v) is 4.56. The first-order valence-electron chi connectivity index (χ1n) is 12.0. The van der Waals surface area contributed by atoms with Gasteiger partial charge < -0.3 is 10.1 Å². The Balaban J connectivity index is 1.88. The number of carbonyl (C=O) groups excluding carboxylic acids is 1. The highest BCUT2D eigenvalue weighted by Gasteiger charge is 2.25. The molecule has 1 aliphatic carbocycles. The van der Waals surface area contributed by atoms with E-state index < -0.39 is 6.61 Å². The molecule has 182 valence electrons. The predicted molar refractivity (Wildman–Crippen MR) is 124 cm³/mol. The molecule has 0 spiro atoms. The number of imidazole rings is 1. The first-order valence-corrected chi connectivity index (χ1v) is 12.0. The maximum atomic E-state index is 13.2. The normalized spacial score (nSPS) is 18.7. The summed E-state index contributed by atoms with van der Waals surface area (Å²) in [5.74, 6) is 2.14. The Morgan fingerprint density at radius 2 is 1.97 bits per heavy atom. The second-order valence-corrected chi connectivity index (χ2v) is 9.63. The average molecular weight is 463 g/mol. The molecule has 1 amide bonds. The summed E-state index contributed by atoms with van der Waals surface area (Å²) in [6.07, 6.45) is 7.52. The summed E-state index contributed by atoms with van der Waals surface area (Å²) in [5.41, 5.74) is 1.68. The number of carbonyl (C=O) groups is 1. The summed E-state index contributed by atoms with van der Waals surface area (Å²) in [6.45, 7) is 7.69. The number of halogens is 2. The number of pyridine rings is 1. The highest BCUT2D eigenvalue weighted by Crippen LogP contribution is 2.30. The van der Waals surface area contributed by atoms with Crippen LogP contribution in [0.3, 0.4) is 0 Å². The van der Waals surface area contributed by atoms with Crippen LogP contribution in [0.5, 0.6) is 5.75 Å². The van der Waals surface area contributed by atoms with E-state index in [-0.39, 0.29) is 17.5 Å². The van der Waals surface area contributed by atoms with Gasteiger partial charge in [0.2, 0.25) is 0 Å². The zero-order chi connectivity index (χ0) is 24.1. The molecule has 0 bridgehead atoms. The molecule has 1 aliphatic rings. The van der Waals surface area contributed by atoms with Crippen molar-refractivity contribution >= 4 is 5.91 Å². The van der Waals surface area contributed by atoms with Crippen LogP contribution < -0.4 is 10.1 Å². The van der Waals surface area contributed by atoms with E-state index in [0.717, 1.165) is 24.3 Å². The van der Waals surface area contributed by atoms with E-state index in [0.29, 0.717) is 48.4 Å². The summed E-state index contributed by atoms with van der Waals surface area (Å²) in [6, 6.07) is 1.61. The lowest BCUT2D eigenvalue weighted by molar-refractivity contribution is -0.0501. The van der Waals surface area contributed by atoms with Crippen molar-refractivity contribution in [2.75, 3.05) is 6.54 Å². The van der Waals surface area contributed by atoms with Crippen molar-refractivity contribution < 1.29 is 18.3 Å². The largest absolute Gasteiger partial charge is 0.431 e. The van der Waals surface area contributed by atoms with Crippen molar-refractivity contribution in [3.8, 4) is 11.6 Å². The average Bonchev–Trinajstić information content (AvgIpc) is 3.09. The molecule has 6 nitrogen and oxygen atoms in total. The summed E-state index contributed by atoms with van der Waals surface area (Å²) >= 11 is 0. The summed E-state index contributed by atoms with van der Waals surface area (Å²) in [5, 5.41) is 3.03. The zero-order valence-corrected chi connectivity index (χ0v) is 20.3. The van der Waals surface area contributed by atoms with Crippen LogP contribution in [-0.2, 0) is 12.8 Å². The Labute approximate surface area is 195 Å². The standard InChI is InChI=1S/C25H36F2N4O2/c1-6-21-30-22(24(32)29-13-18-9-7-16(4)8-10-18)17(5)31(21)23-20(33-25(26)27)12-19(14-28-23)11-15(2)3/h12,14-16,18,25H,6-11,13H2,1-5H3,(H,29,32). The maximum Gasteiger partial charge on any atom is 0.387 e. The zero-order valence-electron chi connectivity index (χ0n) is 20.3. The van der Waals surface area contributed by atoms with Crippen molar-refractivity contribution in [1.29, 1.82) is 0 Å². The van der Waals surface area contributed by atoms with E-state index in [1.54, 1.807) is 23.8 Å². The first-order chi connectivity index (χ1) is 15.7. The van der Waals surface area contributed by atoms with Crippen LogP contribution in [0.1, 0.15) is 80.9 Å². The van der Waals surface area contributed by atoms with Crippen molar-refractivity contribution in [3.63, 3.8) is 0 Å². The second kappa shape index (κ2) is 11.1. The van der Waals surface area contributed by atoms with Crippen LogP contribution in [0.15, 0.2) is 12.3 Å². The number of aromatic nitrogens is 3. The molecule has 0 radical (unpaired) electrons. The summed E-state index contributed by atoms with van der Waals surface area (Å²) < 4.78 is 32.9. The van der Waals surface area contributed by atoms with Crippen LogP contribution in [0, 0.1) is 24.7 Å². The van der Waals surface area contributed by atoms with Gasteiger partial charge in [0, 0.05) is 19.2 Å². The van der Waals surface area contributed by atoms with Gasteiger partial charge in [-0.2, -0.15) is 8.78 Å². The molecular weight excluding hydrogens is 426 g/mol. The second-order valence-electron chi connectivity index (χ2n) is 9.63. The van der Waals surface area contributed by atoms with E-state index in [1.165, 1.54) is 12.8 Å². The van der Waals surface area contributed by atoms with Crippen molar-refractivity contribution in [1.82, 2.24) is 19.9 Å². The van der Waals surface area contributed by atoms with Crippen LogP contribution in [0.25, 0.3) is 5.82 Å². The Bertz CT molecular complexity index is 950. The third-order valence-electron chi connectivity index (χ3n) is 6.36. The van der Waals surface area contributed by atoms with Gasteiger partial charge in [-0.1, -0.05) is 40.5 Å². The highest BCUT2D eigenvalue weighted by molar-refractivity contribution is 5.93. The van der Waals surface area contributed by atoms with Crippen molar-refractivity contribution in [3.05, 3.63) is 35.0 Å². The lowest BCUT2D eigenvalue weighted by atomic mass is 9.83. The Hall–Kier alpha value is -2.51. The van der Waals surface area contributed by atoms with E-state index in [9.17, 15) is 13.6 Å². The minimum absolute atomic E-state index is 0.0124. The number of hydrogen-bond acceptors (Lipinski definition) is 4. The minimum atomic E-state index is -2.98. The molecule has 0 unspecified atom stereocenters. The quantitative estimate of drug-likeness (QED) is 0.535. The maximum absolute atomic E-state index is 13.2. The van der Waals surface area contributed by atoms with Crippen molar-refractivity contribution in [2.24, 2.45) is 17.8 Å². The molecule has 3 rings (SSSR count). The molecule has 2 aromatic heterocycles. The molecule has 8 heteroatoms. The number of nitrogens with zero attached hydrogens (tertiary/aromatic N) is 3. The molecule has 1 saturated carbocycles. The molecule has 1 fully saturated rings. The topological polar surface area (TPSA) is 69.0 Å². The van der Waals surface area contributed by atoms with Gasteiger partial charge in [-0.3, -0.25) is 9.36 Å². The number of aryl methyl sites for hydroxylation is 1. The summed E-state index contributed by atoms with van der Waals surface area (Å²) in [7, 11) is 0. The van der Waals surface area contributed by atoms with Gasteiger partial charge >= 0.3 is 6.61 Å². The molecule has 0 aliphatic heterocycles. The fraction of sp³-hybridized carbons (Fsp3) is 0.640. The molecule has 2 heterocycles. The Morgan fingerprint density at radius 3 is 2.58 bits per heavy atom. The molecule has 33 heavy (non-hydrogen) atoms. The molecule has 0 atom stereocenters.